The number of hydrogen-bond acceptors (Lipinski definition) is 6. The van der Waals surface area contributed by atoms with Gasteiger partial charge in [-0.25, -0.2) is 0 Å². The Morgan fingerprint density at radius 2 is 1.90 bits per heavy atom. The van der Waals surface area contributed by atoms with Crippen molar-refractivity contribution in [2.24, 2.45) is 5.92 Å². The molecule has 0 radical (unpaired) electrons. The number of benzene rings is 1. The molecule has 2 fully saturated rings. The van der Waals surface area contributed by atoms with E-state index in [1.165, 1.54) is 11.8 Å². The molecule has 2 N–H and O–H groups in total. The first-order valence-corrected chi connectivity index (χ1v) is 11.5. The summed E-state index contributed by atoms with van der Waals surface area (Å²) in [6.07, 6.45) is 4.08. The monoisotopic (exact) mass is 445 g/mol. The van der Waals surface area contributed by atoms with E-state index in [9.17, 15) is 9.59 Å². The second-order valence-electron chi connectivity index (χ2n) is 7.64. The number of carbonyl (C=O) groups is 2. The standard InChI is InChI=1S/C21H24ClN5O2S/c22-15-3-5-16(6-4-15)23-19(28)13-30-20-10-9-18(25-26-20)27-11-1-2-14(12-27)21(29)24-17-7-8-17/h3-6,9-10,14,17H,1-2,7-8,11-13H2,(H,23,28)(H,24,29)/t14-/m0/s1. The van der Waals surface area contributed by atoms with E-state index < -0.39 is 0 Å². The van der Waals surface area contributed by atoms with Gasteiger partial charge in [-0.15, -0.1) is 10.2 Å². The number of aromatic nitrogens is 2. The molecule has 0 bridgehead atoms. The van der Waals surface area contributed by atoms with Crippen LogP contribution in [0.25, 0.3) is 0 Å². The van der Waals surface area contributed by atoms with Crippen LogP contribution < -0.4 is 15.5 Å². The van der Waals surface area contributed by atoms with Gasteiger partial charge in [-0.1, -0.05) is 23.4 Å². The lowest BCUT2D eigenvalue weighted by molar-refractivity contribution is -0.125. The summed E-state index contributed by atoms with van der Waals surface area (Å²) in [5.74, 6) is 1.06. The Morgan fingerprint density at radius 1 is 1.10 bits per heavy atom. The van der Waals surface area contributed by atoms with Crippen LogP contribution in [0.1, 0.15) is 25.7 Å². The van der Waals surface area contributed by atoms with Crippen LogP contribution in [0.5, 0.6) is 0 Å². The van der Waals surface area contributed by atoms with E-state index in [0.29, 0.717) is 28.3 Å². The molecule has 2 heterocycles. The minimum atomic E-state index is -0.117. The van der Waals surface area contributed by atoms with Gasteiger partial charge in [0.05, 0.1) is 11.7 Å². The first-order valence-electron chi connectivity index (χ1n) is 10.1. The molecule has 158 valence electrons. The van der Waals surface area contributed by atoms with Gasteiger partial charge in [-0.3, -0.25) is 9.59 Å². The van der Waals surface area contributed by atoms with E-state index in [1.807, 2.05) is 12.1 Å². The van der Waals surface area contributed by atoms with E-state index >= 15 is 0 Å². The Labute approximate surface area is 185 Å². The number of thioether (sulfide) groups is 1. The van der Waals surface area contributed by atoms with Crippen LogP contribution in [0, 0.1) is 5.92 Å². The maximum Gasteiger partial charge on any atom is 0.234 e. The molecular weight excluding hydrogens is 422 g/mol. The average Bonchev–Trinajstić information content (AvgIpc) is 3.58. The molecular formula is C21H24ClN5O2S. The summed E-state index contributed by atoms with van der Waals surface area (Å²) in [6.45, 7) is 1.54. The summed E-state index contributed by atoms with van der Waals surface area (Å²) < 4.78 is 0. The largest absolute Gasteiger partial charge is 0.354 e. The highest BCUT2D eigenvalue weighted by atomic mass is 35.5. The molecule has 1 saturated heterocycles. The van der Waals surface area contributed by atoms with E-state index in [4.69, 9.17) is 11.6 Å². The SMILES string of the molecule is O=C(CSc1ccc(N2CCC[C@H](C(=O)NC3CC3)C2)nn1)Nc1ccc(Cl)cc1. The number of amides is 2. The van der Waals surface area contributed by atoms with E-state index in [2.05, 4.69) is 25.7 Å². The predicted molar refractivity (Wildman–Crippen MR) is 119 cm³/mol. The second kappa shape index (κ2) is 9.66. The molecule has 2 aliphatic rings. The van der Waals surface area contributed by atoms with Crippen molar-refractivity contribution in [3.63, 3.8) is 0 Å². The van der Waals surface area contributed by atoms with E-state index in [0.717, 1.165) is 38.0 Å². The summed E-state index contributed by atoms with van der Waals surface area (Å²) in [6, 6.07) is 11.2. The maximum absolute atomic E-state index is 12.4. The number of halogens is 1. The Bertz CT molecular complexity index is 889. The van der Waals surface area contributed by atoms with Crippen molar-refractivity contribution >= 4 is 46.7 Å². The number of hydrogen-bond donors (Lipinski definition) is 2. The quantitative estimate of drug-likeness (QED) is 0.635. The van der Waals surface area contributed by atoms with Crippen molar-refractivity contribution in [2.45, 2.75) is 36.8 Å². The molecule has 0 unspecified atom stereocenters. The highest BCUT2D eigenvalue weighted by molar-refractivity contribution is 7.99. The van der Waals surface area contributed by atoms with Crippen molar-refractivity contribution in [1.29, 1.82) is 0 Å². The topological polar surface area (TPSA) is 87.2 Å². The molecule has 1 aliphatic heterocycles. The number of carbonyl (C=O) groups excluding carboxylic acids is 2. The van der Waals surface area contributed by atoms with Gasteiger partial charge in [0.2, 0.25) is 11.8 Å². The number of anilines is 2. The molecule has 1 aromatic carbocycles. The van der Waals surface area contributed by atoms with Crippen molar-refractivity contribution in [3.8, 4) is 0 Å². The van der Waals surface area contributed by atoms with E-state index in [1.54, 1.807) is 24.3 Å². The molecule has 7 nitrogen and oxygen atoms in total. The highest BCUT2D eigenvalue weighted by Crippen LogP contribution is 2.25. The first-order chi connectivity index (χ1) is 14.6. The summed E-state index contributed by atoms with van der Waals surface area (Å²) in [5.41, 5.74) is 0.705. The first kappa shape index (κ1) is 20.9. The highest BCUT2D eigenvalue weighted by Gasteiger charge is 2.30. The Morgan fingerprint density at radius 3 is 2.60 bits per heavy atom. The third-order valence-electron chi connectivity index (χ3n) is 5.15. The van der Waals surface area contributed by atoms with Crippen LogP contribution in [0.2, 0.25) is 5.02 Å². The Kier molecular flexibility index (Phi) is 6.74. The summed E-state index contributed by atoms with van der Waals surface area (Å²) >= 11 is 7.18. The van der Waals surface area contributed by atoms with Crippen molar-refractivity contribution < 1.29 is 9.59 Å². The molecule has 0 spiro atoms. The molecule has 1 aliphatic carbocycles. The van der Waals surface area contributed by atoms with Crippen LogP contribution in [0.15, 0.2) is 41.4 Å². The third kappa shape index (κ3) is 5.86. The molecule has 30 heavy (non-hydrogen) atoms. The molecule has 9 heteroatoms. The third-order valence-corrected chi connectivity index (χ3v) is 6.32. The van der Waals surface area contributed by atoms with Crippen LogP contribution >= 0.6 is 23.4 Å². The molecule has 4 rings (SSSR count). The molecule has 2 aromatic rings. The fourth-order valence-corrected chi connectivity index (χ4v) is 4.11. The summed E-state index contributed by atoms with van der Waals surface area (Å²) in [4.78, 5) is 26.6. The minimum Gasteiger partial charge on any atom is -0.354 e. The summed E-state index contributed by atoms with van der Waals surface area (Å²) in [7, 11) is 0. The lowest BCUT2D eigenvalue weighted by Gasteiger charge is -2.32. The summed E-state index contributed by atoms with van der Waals surface area (Å²) in [5, 5.41) is 15.8. The second-order valence-corrected chi connectivity index (χ2v) is 9.07. The zero-order valence-electron chi connectivity index (χ0n) is 16.5. The van der Waals surface area contributed by atoms with Crippen molar-refractivity contribution in [3.05, 3.63) is 41.4 Å². The van der Waals surface area contributed by atoms with Crippen molar-refractivity contribution in [2.75, 3.05) is 29.1 Å². The Balaban J connectivity index is 1.26. The number of nitrogens with one attached hydrogen (secondary N) is 2. The Hall–Kier alpha value is -2.32. The maximum atomic E-state index is 12.4. The lowest BCUT2D eigenvalue weighted by atomic mass is 9.97. The van der Waals surface area contributed by atoms with Crippen LogP contribution in [0.4, 0.5) is 11.5 Å². The molecule has 1 saturated carbocycles. The predicted octanol–water partition coefficient (Wildman–Crippen LogP) is 3.36. The van der Waals surface area contributed by atoms with Gasteiger partial charge in [0, 0.05) is 29.8 Å². The smallest absolute Gasteiger partial charge is 0.234 e. The van der Waals surface area contributed by atoms with Gasteiger partial charge in [0.15, 0.2) is 5.82 Å². The van der Waals surface area contributed by atoms with Gasteiger partial charge in [0.1, 0.15) is 5.03 Å². The molecule has 1 atom stereocenters. The van der Waals surface area contributed by atoms with Crippen LogP contribution in [0.3, 0.4) is 0 Å². The zero-order valence-corrected chi connectivity index (χ0v) is 18.1. The van der Waals surface area contributed by atoms with Crippen LogP contribution in [-0.4, -0.2) is 46.9 Å². The number of nitrogens with zero attached hydrogens (tertiary/aromatic N) is 3. The van der Waals surface area contributed by atoms with Crippen molar-refractivity contribution in [1.82, 2.24) is 15.5 Å². The fraction of sp³-hybridized carbons (Fsp3) is 0.429. The zero-order chi connectivity index (χ0) is 20.9. The minimum absolute atomic E-state index is 0.00626. The normalized spacial score (nSPS) is 18.7. The van der Waals surface area contributed by atoms with Gasteiger partial charge in [-0.05, 0) is 62.1 Å². The molecule has 1 aromatic heterocycles. The van der Waals surface area contributed by atoms with E-state index in [-0.39, 0.29) is 23.5 Å². The average molecular weight is 446 g/mol. The number of piperidine rings is 1. The van der Waals surface area contributed by atoms with Gasteiger partial charge in [0.25, 0.3) is 0 Å². The molecule has 2 amide bonds. The fourth-order valence-electron chi connectivity index (χ4n) is 3.37. The van der Waals surface area contributed by atoms with Crippen LogP contribution in [-0.2, 0) is 9.59 Å². The number of rotatable bonds is 7. The lowest BCUT2D eigenvalue weighted by Crippen LogP contribution is -2.44. The van der Waals surface area contributed by atoms with Gasteiger partial charge in [-0.2, -0.15) is 0 Å². The van der Waals surface area contributed by atoms with Gasteiger partial charge < -0.3 is 15.5 Å². The van der Waals surface area contributed by atoms with Gasteiger partial charge >= 0.3 is 0 Å².